The molecule has 3 unspecified atom stereocenters. The first-order valence-corrected chi connectivity index (χ1v) is 6.65. The highest BCUT2D eigenvalue weighted by molar-refractivity contribution is 5.96. The van der Waals surface area contributed by atoms with E-state index in [-0.39, 0.29) is 30.3 Å². The Morgan fingerprint density at radius 2 is 2.00 bits per heavy atom. The summed E-state index contributed by atoms with van der Waals surface area (Å²) in [6, 6.07) is 8.07. The summed E-state index contributed by atoms with van der Waals surface area (Å²) < 4.78 is 0. The van der Waals surface area contributed by atoms with Gasteiger partial charge in [0.2, 0.25) is 5.91 Å². The van der Waals surface area contributed by atoms with Crippen molar-refractivity contribution >= 4 is 24.0 Å². The van der Waals surface area contributed by atoms with E-state index < -0.39 is 0 Å². The van der Waals surface area contributed by atoms with Crippen LogP contribution in [0.25, 0.3) is 0 Å². The zero-order valence-corrected chi connectivity index (χ0v) is 12.6. The Labute approximate surface area is 121 Å². The molecule has 1 aromatic rings. The van der Waals surface area contributed by atoms with E-state index in [0.29, 0.717) is 5.92 Å². The number of benzene rings is 1. The van der Waals surface area contributed by atoms with E-state index >= 15 is 0 Å². The van der Waals surface area contributed by atoms with Gasteiger partial charge in [0.1, 0.15) is 0 Å². The van der Waals surface area contributed by atoms with Crippen LogP contribution in [0.15, 0.2) is 24.3 Å². The fourth-order valence-electron chi connectivity index (χ4n) is 2.48. The second-order valence-corrected chi connectivity index (χ2v) is 5.53. The molecule has 0 radical (unpaired) electrons. The van der Waals surface area contributed by atoms with Crippen LogP contribution in [-0.2, 0) is 11.2 Å². The van der Waals surface area contributed by atoms with Gasteiger partial charge in [-0.25, -0.2) is 0 Å². The Hall–Kier alpha value is -1.06. The van der Waals surface area contributed by atoms with Gasteiger partial charge < -0.3 is 10.6 Å². The maximum Gasteiger partial charge on any atom is 0.231 e. The minimum Gasteiger partial charge on any atom is -0.327 e. The van der Waals surface area contributed by atoms with E-state index in [9.17, 15) is 4.79 Å². The molecule has 3 atom stereocenters. The van der Waals surface area contributed by atoms with E-state index in [0.717, 1.165) is 18.7 Å². The molecule has 2 N–H and O–H groups in total. The van der Waals surface area contributed by atoms with Gasteiger partial charge in [-0.05, 0) is 30.9 Å². The predicted molar refractivity (Wildman–Crippen MR) is 81.7 cm³/mol. The third kappa shape index (κ3) is 3.28. The molecule has 0 aliphatic carbocycles. The average Bonchev–Trinajstić information content (AvgIpc) is 2.35. The van der Waals surface area contributed by atoms with Crippen molar-refractivity contribution in [3.8, 4) is 0 Å². The molecule has 19 heavy (non-hydrogen) atoms. The van der Waals surface area contributed by atoms with Crippen LogP contribution in [0, 0.1) is 11.8 Å². The number of para-hydroxylation sites is 1. The summed E-state index contributed by atoms with van der Waals surface area (Å²) in [4.78, 5) is 14.4. The Balaban J connectivity index is 0.00000180. The van der Waals surface area contributed by atoms with Crippen molar-refractivity contribution < 1.29 is 4.79 Å². The maximum absolute atomic E-state index is 12.5. The fourth-order valence-corrected chi connectivity index (χ4v) is 2.48. The van der Waals surface area contributed by atoms with Gasteiger partial charge in [-0.15, -0.1) is 12.4 Å². The monoisotopic (exact) mass is 282 g/mol. The second kappa shape index (κ2) is 6.40. The van der Waals surface area contributed by atoms with Crippen molar-refractivity contribution in [1.29, 1.82) is 0 Å². The topological polar surface area (TPSA) is 46.3 Å². The van der Waals surface area contributed by atoms with Crippen molar-refractivity contribution in [2.24, 2.45) is 17.6 Å². The number of amides is 1. The lowest BCUT2D eigenvalue weighted by molar-refractivity contribution is -0.122. The lowest BCUT2D eigenvalue weighted by Gasteiger charge is -2.35. The average molecular weight is 283 g/mol. The second-order valence-electron chi connectivity index (χ2n) is 5.53. The zero-order chi connectivity index (χ0) is 13.3. The molecule has 0 saturated heterocycles. The van der Waals surface area contributed by atoms with Crippen LogP contribution in [0.4, 0.5) is 5.69 Å². The van der Waals surface area contributed by atoms with Gasteiger partial charge in [-0.1, -0.05) is 32.0 Å². The van der Waals surface area contributed by atoms with Gasteiger partial charge in [0.15, 0.2) is 0 Å². The van der Waals surface area contributed by atoms with Crippen LogP contribution < -0.4 is 10.6 Å². The lowest BCUT2D eigenvalue weighted by Crippen LogP contribution is -2.45. The molecule has 106 valence electrons. The summed E-state index contributed by atoms with van der Waals surface area (Å²) in [5.41, 5.74) is 8.18. The third-order valence-electron chi connectivity index (χ3n) is 3.79. The number of hydrogen-bond donors (Lipinski definition) is 1. The van der Waals surface area contributed by atoms with Crippen molar-refractivity contribution in [2.45, 2.75) is 33.2 Å². The molecule has 0 saturated carbocycles. The van der Waals surface area contributed by atoms with Crippen molar-refractivity contribution in [1.82, 2.24) is 0 Å². The first-order chi connectivity index (χ1) is 8.50. The standard InChI is InChI=1S/C15H22N2O.ClH/c1-10-8-13-6-4-5-7-14(13)17(9-10)15(18)11(2)12(3)16;/h4-7,10-12H,8-9,16H2,1-3H3;1H. The Bertz CT molecular complexity index is 448. The highest BCUT2D eigenvalue weighted by atomic mass is 35.5. The van der Waals surface area contributed by atoms with Crippen LogP contribution >= 0.6 is 12.4 Å². The molecule has 1 aliphatic heterocycles. The van der Waals surface area contributed by atoms with Gasteiger partial charge in [0, 0.05) is 18.3 Å². The smallest absolute Gasteiger partial charge is 0.231 e. The molecular weight excluding hydrogens is 260 g/mol. The first kappa shape index (κ1) is 16.0. The van der Waals surface area contributed by atoms with Crippen LogP contribution in [0.1, 0.15) is 26.3 Å². The summed E-state index contributed by atoms with van der Waals surface area (Å²) in [6.45, 7) is 6.79. The highest BCUT2D eigenvalue weighted by Gasteiger charge is 2.30. The van der Waals surface area contributed by atoms with Crippen molar-refractivity contribution in [3.63, 3.8) is 0 Å². The summed E-state index contributed by atoms with van der Waals surface area (Å²) in [6.07, 6.45) is 1.05. The molecule has 1 amide bonds. The van der Waals surface area contributed by atoms with E-state index in [4.69, 9.17) is 5.73 Å². The molecule has 1 aromatic carbocycles. The summed E-state index contributed by atoms with van der Waals surface area (Å²) >= 11 is 0. The Morgan fingerprint density at radius 1 is 1.37 bits per heavy atom. The highest BCUT2D eigenvalue weighted by Crippen LogP contribution is 2.30. The fraction of sp³-hybridized carbons (Fsp3) is 0.533. The van der Waals surface area contributed by atoms with Gasteiger partial charge in [-0.3, -0.25) is 4.79 Å². The molecule has 0 fully saturated rings. The molecule has 0 bridgehead atoms. The van der Waals surface area contributed by atoms with Crippen LogP contribution in [0.3, 0.4) is 0 Å². The maximum atomic E-state index is 12.5. The number of fused-ring (bicyclic) bond motifs is 1. The van der Waals surface area contributed by atoms with Crippen LogP contribution in [0.5, 0.6) is 0 Å². The molecule has 1 aliphatic rings. The number of rotatable bonds is 2. The zero-order valence-electron chi connectivity index (χ0n) is 11.8. The SMILES string of the molecule is CC1Cc2ccccc2N(C(=O)C(C)C(C)N)C1.Cl. The van der Waals surface area contributed by atoms with Crippen molar-refractivity contribution in [3.05, 3.63) is 29.8 Å². The number of anilines is 1. The Morgan fingerprint density at radius 3 is 2.63 bits per heavy atom. The van der Waals surface area contributed by atoms with Crippen LogP contribution in [0.2, 0.25) is 0 Å². The summed E-state index contributed by atoms with van der Waals surface area (Å²) in [5.74, 6) is 0.511. The molecule has 0 spiro atoms. The number of nitrogens with two attached hydrogens (primary N) is 1. The summed E-state index contributed by atoms with van der Waals surface area (Å²) in [5, 5.41) is 0. The molecule has 4 heteroatoms. The first-order valence-electron chi connectivity index (χ1n) is 6.65. The minimum absolute atomic E-state index is 0. The van der Waals surface area contributed by atoms with Gasteiger partial charge >= 0.3 is 0 Å². The molecular formula is C15H23ClN2O. The number of nitrogens with zero attached hydrogens (tertiary/aromatic N) is 1. The number of halogens is 1. The van der Waals surface area contributed by atoms with Gasteiger partial charge in [0.05, 0.1) is 5.92 Å². The van der Waals surface area contributed by atoms with Gasteiger partial charge in [-0.2, -0.15) is 0 Å². The number of carbonyl (C=O) groups is 1. The summed E-state index contributed by atoms with van der Waals surface area (Å²) in [7, 11) is 0. The largest absolute Gasteiger partial charge is 0.327 e. The lowest BCUT2D eigenvalue weighted by atomic mass is 9.92. The van der Waals surface area contributed by atoms with E-state index in [1.54, 1.807) is 0 Å². The van der Waals surface area contributed by atoms with E-state index in [1.165, 1.54) is 5.56 Å². The normalized spacial score (nSPS) is 21.1. The minimum atomic E-state index is -0.136. The molecule has 0 aromatic heterocycles. The molecule has 3 nitrogen and oxygen atoms in total. The quantitative estimate of drug-likeness (QED) is 0.906. The van der Waals surface area contributed by atoms with Gasteiger partial charge in [0.25, 0.3) is 0 Å². The Kier molecular flexibility index (Phi) is 5.39. The molecule has 1 heterocycles. The third-order valence-corrected chi connectivity index (χ3v) is 3.79. The van der Waals surface area contributed by atoms with Crippen molar-refractivity contribution in [2.75, 3.05) is 11.4 Å². The van der Waals surface area contributed by atoms with E-state index in [2.05, 4.69) is 13.0 Å². The molecule has 2 rings (SSSR count). The van der Waals surface area contributed by atoms with Crippen LogP contribution in [-0.4, -0.2) is 18.5 Å². The number of hydrogen-bond acceptors (Lipinski definition) is 2. The van der Waals surface area contributed by atoms with E-state index in [1.807, 2.05) is 36.9 Å². The number of carbonyl (C=O) groups excluding carboxylic acids is 1. The predicted octanol–water partition coefficient (Wildman–Crippen LogP) is 2.62.